The van der Waals surface area contributed by atoms with Gasteiger partial charge in [-0.2, -0.15) is 13.2 Å². The number of halogens is 4. The Hall–Kier alpha value is -1.49. The van der Waals surface area contributed by atoms with E-state index in [4.69, 9.17) is 4.74 Å². The van der Waals surface area contributed by atoms with Crippen molar-refractivity contribution in [2.45, 2.75) is 13.1 Å². The van der Waals surface area contributed by atoms with E-state index in [1.54, 1.807) is 24.3 Å². The first-order valence-corrected chi connectivity index (χ1v) is 6.81. The Morgan fingerprint density at radius 1 is 1.05 bits per heavy atom. The zero-order valence-electron chi connectivity index (χ0n) is 10.7. The highest BCUT2D eigenvalue weighted by Gasteiger charge is 2.30. The molecule has 2 rings (SSSR count). The Balaban J connectivity index is 2.41. The van der Waals surface area contributed by atoms with Crippen molar-refractivity contribution in [1.29, 1.82) is 0 Å². The second kappa shape index (κ2) is 5.87. The maximum Gasteiger partial charge on any atom is 0.416 e. The molecule has 0 saturated carbocycles. The van der Waals surface area contributed by atoms with Gasteiger partial charge in [0.05, 0.1) is 12.2 Å². The smallest absolute Gasteiger partial charge is 0.416 e. The molecule has 0 fully saturated rings. The standard InChI is InChI=1S/C15H12BrF3O/c1-2-20-12-6-3-10(4-7-12)13-9-11(15(17,18)19)5-8-14(13)16/h3-9H,2H2,1H3. The SMILES string of the molecule is CCOc1ccc(-c2cc(C(F)(F)F)ccc2Br)cc1. The highest BCUT2D eigenvalue weighted by Crippen LogP contribution is 2.36. The third-order valence-corrected chi connectivity index (χ3v) is 3.46. The van der Waals surface area contributed by atoms with E-state index >= 15 is 0 Å². The molecule has 20 heavy (non-hydrogen) atoms. The molecule has 0 spiro atoms. The lowest BCUT2D eigenvalue weighted by molar-refractivity contribution is -0.137. The molecule has 0 unspecified atom stereocenters. The molecule has 0 bridgehead atoms. The first-order valence-electron chi connectivity index (χ1n) is 6.02. The van der Waals surface area contributed by atoms with Crippen LogP contribution in [-0.4, -0.2) is 6.61 Å². The maximum atomic E-state index is 12.7. The molecule has 0 atom stereocenters. The summed E-state index contributed by atoms with van der Waals surface area (Å²) in [6.45, 7) is 2.42. The van der Waals surface area contributed by atoms with E-state index in [2.05, 4.69) is 15.9 Å². The van der Waals surface area contributed by atoms with E-state index in [-0.39, 0.29) is 0 Å². The Labute approximate surface area is 123 Å². The zero-order valence-corrected chi connectivity index (χ0v) is 12.3. The van der Waals surface area contributed by atoms with E-state index in [0.29, 0.717) is 28.0 Å². The lowest BCUT2D eigenvalue weighted by Gasteiger charge is -2.11. The molecule has 0 amide bonds. The average Bonchev–Trinajstić information content (AvgIpc) is 2.39. The van der Waals surface area contributed by atoms with Gasteiger partial charge in [-0.25, -0.2) is 0 Å². The predicted octanol–water partition coefficient (Wildman–Crippen LogP) is 5.53. The zero-order chi connectivity index (χ0) is 14.8. The van der Waals surface area contributed by atoms with Gasteiger partial charge in [0.25, 0.3) is 0 Å². The minimum Gasteiger partial charge on any atom is -0.494 e. The van der Waals surface area contributed by atoms with Crippen LogP contribution < -0.4 is 4.74 Å². The number of ether oxygens (including phenoxy) is 1. The number of hydrogen-bond acceptors (Lipinski definition) is 1. The van der Waals surface area contributed by atoms with Gasteiger partial charge in [-0.15, -0.1) is 0 Å². The summed E-state index contributed by atoms with van der Waals surface area (Å²) in [7, 11) is 0. The first-order chi connectivity index (χ1) is 9.41. The lowest BCUT2D eigenvalue weighted by atomic mass is 10.0. The van der Waals surface area contributed by atoms with Gasteiger partial charge in [-0.1, -0.05) is 28.1 Å². The maximum absolute atomic E-state index is 12.7. The predicted molar refractivity (Wildman–Crippen MR) is 75.7 cm³/mol. The largest absolute Gasteiger partial charge is 0.494 e. The van der Waals surface area contributed by atoms with Crippen LogP contribution in [0.25, 0.3) is 11.1 Å². The molecular weight excluding hydrogens is 333 g/mol. The van der Waals surface area contributed by atoms with Crippen LogP contribution in [-0.2, 0) is 6.18 Å². The fourth-order valence-corrected chi connectivity index (χ4v) is 2.30. The minimum absolute atomic E-state index is 0.503. The number of alkyl halides is 3. The van der Waals surface area contributed by atoms with Crippen molar-refractivity contribution >= 4 is 15.9 Å². The first kappa shape index (κ1) is 14.9. The Morgan fingerprint density at radius 2 is 1.70 bits per heavy atom. The second-order valence-corrected chi connectivity index (χ2v) is 5.00. The van der Waals surface area contributed by atoms with Gasteiger partial charge in [0.2, 0.25) is 0 Å². The van der Waals surface area contributed by atoms with Crippen LogP contribution in [0.2, 0.25) is 0 Å². The second-order valence-electron chi connectivity index (χ2n) is 4.15. The molecule has 0 aliphatic heterocycles. The van der Waals surface area contributed by atoms with Crippen molar-refractivity contribution < 1.29 is 17.9 Å². The summed E-state index contributed by atoms with van der Waals surface area (Å²) in [5.41, 5.74) is 0.541. The van der Waals surface area contributed by atoms with E-state index in [1.807, 2.05) is 6.92 Å². The molecule has 2 aromatic carbocycles. The summed E-state index contributed by atoms with van der Waals surface area (Å²) in [6.07, 6.45) is -4.35. The van der Waals surface area contributed by atoms with Gasteiger partial charge in [-0.3, -0.25) is 0 Å². The molecule has 1 nitrogen and oxygen atoms in total. The molecule has 0 aromatic heterocycles. The summed E-state index contributed by atoms with van der Waals surface area (Å²) in [5, 5.41) is 0. The fourth-order valence-electron chi connectivity index (χ4n) is 1.82. The van der Waals surface area contributed by atoms with Crippen LogP contribution in [0.15, 0.2) is 46.9 Å². The summed E-state index contributed by atoms with van der Waals surface area (Å²) < 4.78 is 44.2. The molecule has 0 aliphatic rings. The van der Waals surface area contributed by atoms with Gasteiger partial charge in [0.15, 0.2) is 0 Å². The van der Waals surface area contributed by atoms with Crippen LogP contribution >= 0.6 is 15.9 Å². The quantitative estimate of drug-likeness (QED) is 0.710. The molecule has 5 heteroatoms. The molecule has 106 valence electrons. The van der Waals surface area contributed by atoms with Crippen LogP contribution in [0.5, 0.6) is 5.75 Å². The third-order valence-electron chi connectivity index (χ3n) is 2.77. The van der Waals surface area contributed by atoms with Crippen LogP contribution in [0, 0.1) is 0 Å². The molecule has 0 aliphatic carbocycles. The summed E-state index contributed by atoms with van der Waals surface area (Å²) in [6, 6.07) is 10.6. The van der Waals surface area contributed by atoms with E-state index < -0.39 is 11.7 Å². The normalized spacial score (nSPS) is 11.4. The van der Waals surface area contributed by atoms with Crippen LogP contribution in [0.1, 0.15) is 12.5 Å². The minimum atomic E-state index is -4.35. The molecule has 0 heterocycles. The van der Waals surface area contributed by atoms with Gasteiger partial charge in [0, 0.05) is 4.47 Å². The van der Waals surface area contributed by atoms with Gasteiger partial charge in [0.1, 0.15) is 5.75 Å². The van der Waals surface area contributed by atoms with Crippen LogP contribution in [0.3, 0.4) is 0 Å². The van der Waals surface area contributed by atoms with Gasteiger partial charge < -0.3 is 4.74 Å². The number of benzene rings is 2. The highest BCUT2D eigenvalue weighted by atomic mass is 79.9. The molecule has 0 N–H and O–H groups in total. The number of rotatable bonds is 3. The fraction of sp³-hybridized carbons (Fsp3) is 0.200. The van der Waals surface area contributed by atoms with Crippen molar-refractivity contribution in [3.8, 4) is 16.9 Å². The van der Waals surface area contributed by atoms with E-state index in [1.165, 1.54) is 6.07 Å². The topological polar surface area (TPSA) is 9.23 Å². The average molecular weight is 345 g/mol. The van der Waals surface area contributed by atoms with Crippen molar-refractivity contribution in [1.82, 2.24) is 0 Å². The molecule has 0 saturated heterocycles. The Kier molecular flexibility index (Phi) is 4.38. The van der Waals surface area contributed by atoms with Gasteiger partial charge >= 0.3 is 6.18 Å². The highest BCUT2D eigenvalue weighted by molar-refractivity contribution is 9.10. The van der Waals surface area contributed by atoms with Crippen LogP contribution in [0.4, 0.5) is 13.2 Å². The summed E-state index contributed by atoms with van der Waals surface area (Å²) in [4.78, 5) is 0. The summed E-state index contributed by atoms with van der Waals surface area (Å²) >= 11 is 3.28. The molecule has 2 aromatic rings. The number of hydrogen-bond donors (Lipinski definition) is 0. The third kappa shape index (κ3) is 3.33. The lowest BCUT2D eigenvalue weighted by Crippen LogP contribution is -2.04. The van der Waals surface area contributed by atoms with Crippen molar-refractivity contribution in [3.05, 3.63) is 52.5 Å². The van der Waals surface area contributed by atoms with Crippen molar-refractivity contribution in [2.75, 3.05) is 6.61 Å². The molecule has 0 radical (unpaired) electrons. The van der Waals surface area contributed by atoms with Crippen molar-refractivity contribution in [2.24, 2.45) is 0 Å². The van der Waals surface area contributed by atoms with E-state index in [0.717, 1.165) is 12.1 Å². The Morgan fingerprint density at radius 3 is 2.25 bits per heavy atom. The van der Waals surface area contributed by atoms with Gasteiger partial charge in [-0.05, 0) is 48.4 Å². The molecular formula is C15H12BrF3O. The Bertz CT molecular complexity index is 591. The van der Waals surface area contributed by atoms with Crippen molar-refractivity contribution in [3.63, 3.8) is 0 Å². The monoisotopic (exact) mass is 344 g/mol. The van der Waals surface area contributed by atoms with E-state index in [9.17, 15) is 13.2 Å². The summed E-state index contributed by atoms with van der Waals surface area (Å²) in [5.74, 6) is 0.694.